The van der Waals surface area contributed by atoms with Crippen LogP contribution in [0.2, 0.25) is 18.1 Å². The van der Waals surface area contributed by atoms with Gasteiger partial charge in [0.2, 0.25) is 0 Å². The first-order chi connectivity index (χ1) is 6.72. The van der Waals surface area contributed by atoms with Gasteiger partial charge in [-0.1, -0.05) is 43.4 Å². The van der Waals surface area contributed by atoms with Crippen molar-refractivity contribution in [1.82, 2.24) is 0 Å². The Kier molecular flexibility index (Phi) is 4.70. The molecule has 0 aromatic heterocycles. The summed E-state index contributed by atoms with van der Waals surface area (Å²) in [5.41, 5.74) is 0. The molecule has 0 spiro atoms. The molecule has 3 heteroatoms. The van der Waals surface area contributed by atoms with Crippen LogP contribution >= 0.6 is 22.6 Å². The zero-order chi connectivity index (χ0) is 11.7. The standard InChI is InChI=1S/C12H25IOSi/c1-12(2,3)15(4,5)14-11-8-6-7-10(13)9-11/h10-11H,6-9H2,1-5H3. The first kappa shape index (κ1) is 14.0. The molecular formula is C12H25IOSi. The van der Waals surface area contributed by atoms with Gasteiger partial charge in [0.05, 0.1) is 0 Å². The van der Waals surface area contributed by atoms with Gasteiger partial charge in [-0.15, -0.1) is 0 Å². The van der Waals surface area contributed by atoms with Crippen molar-refractivity contribution in [2.75, 3.05) is 0 Å². The third kappa shape index (κ3) is 4.00. The van der Waals surface area contributed by atoms with Crippen molar-refractivity contribution in [3.05, 3.63) is 0 Å². The molecule has 0 aromatic rings. The molecule has 2 unspecified atom stereocenters. The molecule has 0 aliphatic heterocycles. The van der Waals surface area contributed by atoms with Crippen molar-refractivity contribution in [3.8, 4) is 0 Å². The average Bonchev–Trinajstić information content (AvgIpc) is 2.00. The van der Waals surface area contributed by atoms with Gasteiger partial charge >= 0.3 is 0 Å². The SMILES string of the molecule is CC(C)(C)[Si](C)(C)OC1CCCC(I)C1. The Bertz CT molecular complexity index is 210. The van der Waals surface area contributed by atoms with Crippen molar-refractivity contribution in [3.63, 3.8) is 0 Å². The van der Waals surface area contributed by atoms with Gasteiger partial charge in [-0.25, -0.2) is 0 Å². The Morgan fingerprint density at radius 3 is 2.27 bits per heavy atom. The molecule has 1 rings (SSSR count). The monoisotopic (exact) mass is 340 g/mol. The molecule has 0 bridgehead atoms. The van der Waals surface area contributed by atoms with Crippen molar-refractivity contribution in [2.24, 2.45) is 0 Å². The maximum Gasteiger partial charge on any atom is 0.192 e. The zero-order valence-corrected chi connectivity index (χ0v) is 13.9. The molecule has 2 atom stereocenters. The van der Waals surface area contributed by atoms with Crippen molar-refractivity contribution < 1.29 is 4.43 Å². The number of rotatable bonds is 2. The van der Waals surface area contributed by atoms with Crippen LogP contribution in [0.1, 0.15) is 46.5 Å². The highest BCUT2D eigenvalue weighted by Crippen LogP contribution is 2.39. The summed E-state index contributed by atoms with van der Waals surface area (Å²) in [5, 5.41) is 0.352. The molecule has 0 N–H and O–H groups in total. The van der Waals surface area contributed by atoms with E-state index in [0.717, 1.165) is 3.92 Å². The summed E-state index contributed by atoms with van der Waals surface area (Å²) >= 11 is 2.58. The molecule has 0 heterocycles. The smallest absolute Gasteiger partial charge is 0.192 e. The number of alkyl halides is 1. The topological polar surface area (TPSA) is 9.23 Å². The van der Waals surface area contributed by atoms with Gasteiger partial charge in [-0.05, 0) is 43.8 Å². The highest BCUT2D eigenvalue weighted by molar-refractivity contribution is 14.1. The van der Waals surface area contributed by atoms with Crippen LogP contribution in [-0.2, 0) is 4.43 Å². The fraction of sp³-hybridized carbons (Fsp3) is 1.00. The van der Waals surface area contributed by atoms with Crippen molar-refractivity contribution >= 4 is 30.9 Å². The zero-order valence-electron chi connectivity index (χ0n) is 10.8. The van der Waals surface area contributed by atoms with Crippen LogP contribution in [0.4, 0.5) is 0 Å². The molecule has 1 aliphatic rings. The van der Waals surface area contributed by atoms with Crippen LogP contribution in [0.3, 0.4) is 0 Å². The van der Waals surface area contributed by atoms with Crippen LogP contribution in [0.15, 0.2) is 0 Å². The van der Waals surface area contributed by atoms with Gasteiger partial charge in [-0.3, -0.25) is 0 Å². The molecule has 1 nitrogen and oxygen atoms in total. The summed E-state index contributed by atoms with van der Waals surface area (Å²) in [5.74, 6) is 0. The summed E-state index contributed by atoms with van der Waals surface area (Å²) in [7, 11) is -1.53. The van der Waals surface area contributed by atoms with Crippen molar-refractivity contribution in [2.45, 2.75) is 74.6 Å². The van der Waals surface area contributed by atoms with Gasteiger partial charge < -0.3 is 4.43 Å². The Labute approximate surface area is 110 Å². The van der Waals surface area contributed by atoms with Crippen LogP contribution < -0.4 is 0 Å². The molecular weight excluding hydrogens is 315 g/mol. The van der Waals surface area contributed by atoms with E-state index in [0.29, 0.717) is 11.1 Å². The van der Waals surface area contributed by atoms with E-state index < -0.39 is 8.32 Å². The lowest BCUT2D eigenvalue weighted by atomic mass is 9.98. The summed E-state index contributed by atoms with van der Waals surface area (Å²) in [6.45, 7) is 11.7. The molecule has 0 amide bonds. The second-order valence-corrected chi connectivity index (χ2v) is 12.8. The van der Waals surface area contributed by atoms with E-state index in [1.54, 1.807) is 0 Å². The minimum absolute atomic E-state index is 0.352. The Morgan fingerprint density at radius 2 is 1.80 bits per heavy atom. The highest BCUT2D eigenvalue weighted by Gasteiger charge is 2.39. The Hall–Kier alpha value is 0.907. The third-order valence-electron chi connectivity index (χ3n) is 3.83. The lowest BCUT2D eigenvalue weighted by Gasteiger charge is -2.41. The van der Waals surface area contributed by atoms with E-state index in [2.05, 4.69) is 56.5 Å². The quantitative estimate of drug-likeness (QED) is 0.400. The minimum atomic E-state index is -1.53. The summed E-state index contributed by atoms with van der Waals surface area (Å²) < 4.78 is 7.29. The number of hydrogen-bond acceptors (Lipinski definition) is 1. The predicted molar refractivity (Wildman–Crippen MR) is 78.3 cm³/mol. The largest absolute Gasteiger partial charge is 0.414 e. The van der Waals surface area contributed by atoms with Gasteiger partial charge in [-0.2, -0.15) is 0 Å². The second kappa shape index (κ2) is 5.04. The first-order valence-electron chi connectivity index (χ1n) is 6.04. The first-order valence-corrected chi connectivity index (χ1v) is 10.2. The van der Waals surface area contributed by atoms with Crippen LogP contribution in [0.5, 0.6) is 0 Å². The van der Waals surface area contributed by atoms with E-state index in [1.165, 1.54) is 25.7 Å². The van der Waals surface area contributed by atoms with Crippen LogP contribution in [0.25, 0.3) is 0 Å². The molecule has 0 aromatic carbocycles. The number of halogens is 1. The highest BCUT2D eigenvalue weighted by atomic mass is 127. The predicted octanol–water partition coefficient (Wildman–Crippen LogP) is 4.75. The van der Waals surface area contributed by atoms with Crippen molar-refractivity contribution in [1.29, 1.82) is 0 Å². The molecule has 0 radical (unpaired) electrons. The molecule has 1 aliphatic carbocycles. The lowest BCUT2D eigenvalue weighted by Crippen LogP contribution is -2.45. The fourth-order valence-corrected chi connectivity index (χ4v) is 4.20. The third-order valence-corrected chi connectivity index (χ3v) is 9.50. The molecule has 15 heavy (non-hydrogen) atoms. The van der Waals surface area contributed by atoms with E-state index in [4.69, 9.17) is 4.43 Å². The van der Waals surface area contributed by atoms with Gasteiger partial charge in [0.1, 0.15) is 0 Å². The molecule has 1 fully saturated rings. The lowest BCUT2D eigenvalue weighted by molar-refractivity contribution is 0.142. The normalized spacial score (nSPS) is 29.2. The average molecular weight is 340 g/mol. The number of hydrogen-bond donors (Lipinski definition) is 0. The van der Waals surface area contributed by atoms with Gasteiger partial charge in [0.25, 0.3) is 0 Å². The summed E-state index contributed by atoms with van der Waals surface area (Å²) in [4.78, 5) is 0. The maximum absolute atomic E-state index is 6.45. The molecule has 1 saturated carbocycles. The molecule has 90 valence electrons. The maximum atomic E-state index is 6.45. The fourth-order valence-electron chi connectivity index (χ4n) is 1.79. The summed E-state index contributed by atoms with van der Waals surface area (Å²) in [6, 6.07) is 0. The Morgan fingerprint density at radius 1 is 1.20 bits per heavy atom. The minimum Gasteiger partial charge on any atom is -0.414 e. The van der Waals surface area contributed by atoms with Crippen LogP contribution in [0, 0.1) is 0 Å². The van der Waals surface area contributed by atoms with E-state index in [1.807, 2.05) is 0 Å². The van der Waals surface area contributed by atoms with Crippen LogP contribution in [-0.4, -0.2) is 18.3 Å². The van der Waals surface area contributed by atoms with E-state index in [-0.39, 0.29) is 0 Å². The summed E-state index contributed by atoms with van der Waals surface area (Å²) in [6.07, 6.45) is 5.84. The van der Waals surface area contributed by atoms with E-state index >= 15 is 0 Å². The van der Waals surface area contributed by atoms with Gasteiger partial charge in [0, 0.05) is 10.0 Å². The second-order valence-electron chi connectivity index (χ2n) is 6.26. The molecule has 0 saturated heterocycles. The van der Waals surface area contributed by atoms with E-state index in [9.17, 15) is 0 Å². The Balaban J connectivity index is 2.53. The van der Waals surface area contributed by atoms with Gasteiger partial charge in [0.15, 0.2) is 8.32 Å².